The van der Waals surface area contributed by atoms with Crippen LogP contribution >= 0.6 is 0 Å². The van der Waals surface area contributed by atoms with Gasteiger partial charge in [0.1, 0.15) is 6.04 Å². The Labute approximate surface area is 135 Å². The molecule has 0 spiro atoms. The van der Waals surface area contributed by atoms with Crippen LogP contribution in [0, 0.1) is 16.0 Å². The van der Waals surface area contributed by atoms with Gasteiger partial charge in [-0.15, -0.1) is 0 Å². The van der Waals surface area contributed by atoms with Gasteiger partial charge in [0, 0.05) is 13.1 Å². The second-order valence-corrected chi connectivity index (χ2v) is 7.38. The highest BCUT2D eigenvalue weighted by atomic mass is 32.2. The summed E-state index contributed by atoms with van der Waals surface area (Å²) in [7, 11) is -1.84. The first-order valence-electron chi connectivity index (χ1n) is 6.92. The molecule has 0 unspecified atom stereocenters. The van der Waals surface area contributed by atoms with E-state index in [2.05, 4.69) is 4.74 Å². The van der Waals surface area contributed by atoms with E-state index in [0.717, 1.165) is 16.4 Å². The van der Waals surface area contributed by atoms with Gasteiger partial charge < -0.3 is 4.74 Å². The fraction of sp³-hybridized carbons (Fsp3) is 0.500. The molecule has 0 N–H and O–H groups in total. The lowest BCUT2D eigenvalue weighted by Crippen LogP contribution is -2.43. The fourth-order valence-corrected chi connectivity index (χ4v) is 3.60. The fourth-order valence-electron chi connectivity index (χ4n) is 2.12. The van der Waals surface area contributed by atoms with Crippen molar-refractivity contribution < 1.29 is 22.9 Å². The molecule has 128 valence electrons. The Balaban J connectivity index is 3.35. The molecule has 0 aliphatic carbocycles. The topological polar surface area (TPSA) is 107 Å². The van der Waals surface area contributed by atoms with Crippen LogP contribution in [0.25, 0.3) is 0 Å². The monoisotopic (exact) mass is 344 g/mol. The van der Waals surface area contributed by atoms with Gasteiger partial charge in [0.25, 0.3) is 5.69 Å². The number of nitro groups is 1. The molecule has 0 radical (unpaired) electrons. The number of hydrogen-bond acceptors (Lipinski definition) is 6. The molecule has 1 rings (SSSR count). The number of carbonyl (C=O) groups is 1. The van der Waals surface area contributed by atoms with Crippen molar-refractivity contribution in [1.82, 2.24) is 4.31 Å². The number of hydrogen-bond donors (Lipinski definition) is 0. The van der Waals surface area contributed by atoms with Gasteiger partial charge in [0.15, 0.2) is 4.90 Å². The molecule has 8 nitrogen and oxygen atoms in total. The molecule has 23 heavy (non-hydrogen) atoms. The third kappa shape index (κ3) is 4.26. The first-order valence-corrected chi connectivity index (χ1v) is 8.36. The number of esters is 1. The summed E-state index contributed by atoms with van der Waals surface area (Å²) in [6.45, 7) is 3.67. The van der Waals surface area contributed by atoms with Crippen LogP contribution in [0.3, 0.4) is 0 Å². The zero-order valence-electron chi connectivity index (χ0n) is 13.4. The maximum Gasteiger partial charge on any atom is 0.324 e. The van der Waals surface area contributed by atoms with Crippen LogP contribution in [-0.2, 0) is 19.6 Å². The van der Waals surface area contributed by atoms with Gasteiger partial charge in [-0.2, -0.15) is 4.31 Å². The minimum Gasteiger partial charge on any atom is -0.468 e. The Morgan fingerprint density at radius 1 is 1.35 bits per heavy atom. The summed E-state index contributed by atoms with van der Waals surface area (Å²) in [5.74, 6) is -0.675. The van der Waals surface area contributed by atoms with E-state index in [4.69, 9.17) is 0 Å². The van der Waals surface area contributed by atoms with Crippen molar-refractivity contribution in [1.29, 1.82) is 0 Å². The Morgan fingerprint density at radius 3 is 2.39 bits per heavy atom. The summed E-state index contributed by atoms with van der Waals surface area (Å²) in [5.41, 5.74) is -0.535. The molecule has 0 heterocycles. The summed E-state index contributed by atoms with van der Waals surface area (Å²) >= 11 is 0. The van der Waals surface area contributed by atoms with E-state index in [9.17, 15) is 23.3 Å². The molecule has 0 amide bonds. The lowest BCUT2D eigenvalue weighted by atomic mass is 10.0. The molecular weight excluding hydrogens is 324 g/mol. The highest BCUT2D eigenvalue weighted by Crippen LogP contribution is 2.28. The Hall–Kier alpha value is -2.00. The number of nitrogens with zero attached hydrogens (tertiary/aromatic N) is 2. The van der Waals surface area contributed by atoms with Crippen LogP contribution in [0.2, 0.25) is 0 Å². The second kappa shape index (κ2) is 7.51. The first-order chi connectivity index (χ1) is 10.6. The maximum atomic E-state index is 12.7. The first kappa shape index (κ1) is 19.0. The minimum absolute atomic E-state index is 0.0301. The van der Waals surface area contributed by atoms with Crippen molar-refractivity contribution in [3.8, 4) is 0 Å². The molecule has 0 bridgehead atoms. The van der Waals surface area contributed by atoms with Crippen LogP contribution in [-0.4, -0.2) is 43.8 Å². The lowest BCUT2D eigenvalue weighted by molar-refractivity contribution is -0.387. The van der Waals surface area contributed by atoms with Crippen molar-refractivity contribution in [3.63, 3.8) is 0 Å². The maximum absolute atomic E-state index is 12.7. The van der Waals surface area contributed by atoms with Gasteiger partial charge in [-0.05, 0) is 18.4 Å². The van der Waals surface area contributed by atoms with Gasteiger partial charge in [0.2, 0.25) is 10.0 Å². The van der Waals surface area contributed by atoms with Gasteiger partial charge in [0.05, 0.1) is 12.0 Å². The molecule has 0 saturated heterocycles. The van der Waals surface area contributed by atoms with Crippen LogP contribution in [0.4, 0.5) is 5.69 Å². The van der Waals surface area contributed by atoms with Crippen molar-refractivity contribution in [2.75, 3.05) is 14.2 Å². The van der Waals surface area contributed by atoms with Gasteiger partial charge in [-0.1, -0.05) is 26.0 Å². The molecule has 0 aliphatic heterocycles. The quantitative estimate of drug-likeness (QED) is 0.424. The largest absolute Gasteiger partial charge is 0.468 e. The molecule has 1 aromatic rings. The molecule has 9 heteroatoms. The van der Waals surface area contributed by atoms with E-state index in [1.54, 1.807) is 0 Å². The Bertz CT molecular complexity index is 686. The number of sulfonamides is 1. The van der Waals surface area contributed by atoms with Crippen molar-refractivity contribution in [2.24, 2.45) is 5.92 Å². The third-order valence-corrected chi connectivity index (χ3v) is 5.24. The molecule has 0 aromatic heterocycles. The van der Waals surface area contributed by atoms with Gasteiger partial charge in [-0.3, -0.25) is 14.9 Å². The normalized spacial score (nSPS) is 13.1. The average Bonchev–Trinajstić information content (AvgIpc) is 2.50. The van der Waals surface area contributed by atoms with Crippen LogP contribution in [0.15, 0.2) is 29.2 Å². The summed E-state index contributed by atoms with van der Waals surface area (Å²) in [6.07, 6.45) is 0.239. The smallest absolute Gasteiger partial charge is 0.324 e. The molecule has 0 aliphatic rings. The number of ether oxygens (including phenoxy) is 1. The number of para-hydroxylation sites is 1. The SMILES string of the molecule is COC(=O)[C@H](CC(C)C)N(C)S(=O)(=O)c1ccccc1[N+](=O)[O-]. The average molecular weight is 344 g/mol. The van der Waals surface area contributed by atoms with E-state index in [1.807, 2.05) is 13.8 Å². The molecular formula is C14H20N2O6S. The summed E-state index contributed by atoms with van der Waals surface area (Å²) in [5, 5.41) is 11.1. The number of methoxy groups -OCH3 is 1. The molecule has 1 aromatic carbocycles. The number of carbonyl (C=O) groups excluding carboxylic acids is 1. The predicted molar refractivity (Wildman–Crippen MR) is 83.3 cm³/mol. The second-order valence-electron chi connectivity index (χ2n) is 5.41. The summed E-state index contributed by atoms with van der Waals surface area (Å²) in [6, 6.07) is 3.97. The standard InChI is InChI=1S/C14H20N2O6S/c1-10(2)9-12(14(17)22-4)15(3)23(20,21)13-8-6-5-7-11(13)16(18)19/h5-8,10,12H,9H2,1-4H3/t12-/m0/s1. The van der Waals surface area contributed by atoms with Crippen LogP contribution < -0.4 is 0 Å². The van der Waals surface area contributed by atoms with Gasteiger partial charge >= 0.3 is 5.97 Å². The Morgan fingerprint density at radius 2 is 1.91 bits per heavy atom. The molecule has 0 saturated carbocycles. The number of likely N-dealkylation sites (N-methyl/N-ethyl adjacent to an activating group) is 1. The Kier molecular flexibility index (Phi) is 6.22. The van der Waals surface area contributed by atoms with Crippen molar-refractivity contribution in [2.45, 2.75) is 31.2 Å². The number of rotatable bonds is 7. The number of benzene rings is 1. The van der Waals surface area contributed by atoms with Crippen LogP contribution in [0.5, 0.6) is 0 Å². The van der Waals surface area contributed by atoms with E-state index in [1.165, 1.54) is 26.3 Å². The third-order valence-electron chi connectivity index (χ3n) is 3.33. The minimum atomic E-state index is -4.22. The van der Waals surface area contributed by atoms with Crippen molar-refractivity contribution in [3.05, 3.63) is 34.4 Å². The summed E-state index contributed by atoms with van der Waals surface area (Å²) in [4.78, 5) is 21.8. The van der Waals surface area contributed by atoms with Crippen molar-refractivity contribution >= 4 is 21.7 Å². The zero-order chi connectivity index (χ0) is 17.8. The predicted octanol–water partition coefficient (Wildman–Crippen LogP) is 1.80. The summed E-state index contributed by atoms with van der Waals surface area (Å²) < 4.78 is 30.9. The van der Waals surface area contributed by atoms with E-state index in [0.29, 0.717) is 0 Å². The highest BCUT2D eigenvalue weighted by molar-refractivity contribution is 7.89. The zero-order valence-corrected chi connectivity index (χ0v) is 14.2. The molecule has 1 atom stereocenters. The van der Waals surface area contributed by atoms with E-state index in [-0.39, 0.29) is 12.3 Å². The van der Waals surface area contributed by atoms with Crippen LogP contribution in [0.1, 0.15) is 20.3 Å². The highest BCUT2D eigenvalue weighted by Gasteiger charge is 2.37. The van der Waals surface area contributed by atoms with E-state index >= 15 is 0 Å². The van der Waals surface area contributed by atoms with Gasteiger partial charge in [-0.25, -0.2) is 8.42 Å². The molecule has 0 fully saturated rings. The van der Waals surface area contributed by atoms with E-state index < -0.39 is 37.5 Å². The lowest BCUT2D eigenvalue weighted by Gasteiger charge is -2.26. The number of nitro benzene ring substituents is 1.